The van der Waals surface area contributed by atoms with Gasteiger partial charge in [-0.05, 0) is 12.2 Å². The molecule has 1 unspecified atom stereocenters. The van der Waals surface area contributed by atoms with Crippen molar-refractivity contribution in [2.75, 3.05) is 6.61 Å². The van der Waals surface area contributed by atoms with E-state index in [1.165, 1.54) is 32.2 Å². The molecule has 0 aliphatic rings. The van der Waals surface area contributed by atoms with Gasteiger partial charge in [-0.2, -0.15) is 5.26 Å². The van der Waals surface area contributed by atoms with Crippen molar-refractivity contribution in [2.24, 2.45) is 0 Å². The zero-order valence-electron chi connectivity index (χ0n) is 10.3. The number of hydrogen-bond acceptors (Lipinski definition) is 5. The highest BCUT2D eigenvalue weighted by Crippen LogP contribution is 1.90. The van der Waals surface area contributed by atoms with E-state index in [1.54, 1.807) is 6.07 Å². The lowest BCUT2D eigenvalue weighted by atomic mass is 10.4. The summed E-state index contributed by atoms with van der Waals surface area (Å²) in [7, 11) is 0. The molecule has 0 spiro atoms. The maximum absolute atomic E-state index is 10.2. The van der Waals surface area contributed by atoms with Crippen molar-refractivity contribution in [2.45, 2.75) is 20.0 Å². The molecule has 0 saturated heterocycles. The van der Waals surface area contributed by atoms with Crippen LogP contribution in [0.25, 0.3) is 4.85 Å². The second kappa shape index (κ2) is 12.5. The lowest BCUT2D eigenvalue weighted by Crippen LogP contribution is -2.10. The molecule has 0 aromatic rings. The molecular weight excluding hydrogens is 236 g/mol. The van der Waals surface area contributed by atoms with Crippen molar-refractivity contribution in [3.63, 3.8) is 0 Å². The van der Waals surface area contributed by atoms with E-state index in [-0.39, 0.29) is 12.6 Å². The summed E-state index contributed by atoms with van der Waals surface area (Å²) < 4.78 is 8.91. The molecule has 1 atom stereocenters. The highest BCUT2D eigenvalue weighted by atomic mass is 16.5. The number of carbonyl (C=O) groups excluding carboxylic acids is 2. The van der Waals surface area contributed by atoms with E-state index in [9.17, 15) is 9.59 Å². The van der Waals surface area contributed by atoms with Gasteiger partial charge in [-0.25, -0.2) is 4.85 Å². The fourth-order valence-corrected chi connectivity index (χ4v) is 0.567. The first-order valence-corrected chi connectivity index (χ1v) is 4.82. The Kier molecular flexibility index (Phi) is 12.3. The van der Waals surface area contributed by atoms with Gasteiger partial charge in [0, 0.05) is 13.8 Å². The third kappa shape index (κ3) is 15.9. The molecule has 0 rings (SSSR count). The van der Waals surface area contributed by atoms with Gasteiger partial charge in [-0.15, -0.1) is 0 Å². The number of carbonyl (C=O) groups is 2. The quantitative estimate of drug-likeness (QED) is 0.430. The molecule has 0 radical (unpaired) electrons. The molecular formula is C12H14N2O4. The minimum absolute atomic E-state index is 0.192. The average molecular weight is 250 g/mol. The van der Waals surface area contributed by atoms with Gasteiger partial charge in [0.15, 0.2) is 6.20 Å². The van der Waals surface area contributed by atoms with E-state index >= 15 is 0 Å². The van der Waals surface area contributed by atoms with Gasteiger partial charge in [0.05, 0.1) is 6.57 Å². The van der Waals surface area contributed by atoms with Crippen LogP contribution >= 0.6 is 0 Å². The summed E-state index contributed by atoms with van der Waals surface area (Å²) in [5.41, 5.74) is 0. The van der Waals surface area contributed by atoms with Crippen molar-refractivity contribution in [1.82, 2.24) is 0 Å². The van der Waals surface area contributed by atoms with E-state index in [0.29, 0.717) is 0 Å². The largest absolute Gasteiger partial charge is 0.463 e. The molecule has 6 heteroatoms. The van der Waals surface area contributed by atoms with Gasteiger partial charge in [-0.3, -0.25) is 9.59 Å². The van der Waals surface area contributed by atoms with Gasteiger partial charge in [-0.1, -0.05) is 6.58 Å². The average Bonchev–Trinajstić information content (AvgIpc) is 2.32. The molecule has 96 valence electrons. The van der Waals surface area contributed by atoms with Crippen LogP contribution in [0.4, 0.5) is 0 Å². The number of rotatable bonds is 4. The Morgan fingerprint density at radius 2 is 2.11 bits per heavy atom. The van der Waals surface area contributed by atoms with E-state index < -0.39 is 12.1 Å². The third-order valence-corrected chi connectivity index (χ3v) is 1.20. The Hall–Kier alpha value is -2.60. The number of esters is 2. The van der Waals surface area contributed by atoms with Crippen LogP contribution < -0.4 is 0 Å². The Morgan fingerprint density at radius 1 is 1.50 bits per heavy atom. The van der Waals surface area contributed by atoms with Crippen LogP contribution in [0.2, 0.25) is 0 Å². The van der Waals surface area contributed by atoms with Gasteiger partial charge in [0.25, 0.3) is 0 Å². The van der Waals surface area contributed by atoms with Crippen LogP contribution in [0.1, 0.15) is 13.8 Å². The molecule has 0 aliphatic carbocycles. The molecule has 0 aromatic carbocycles. The smallest absolute Gasteiger partial charge is 0.304 e. The Morgan fingerprint density at radius 3 is 2.39 bits per heavy atom. The molecule has 0 heterocycles. The second-order valence-corrected chi connectivity index (χ2v) is 2.71. The zero-order valence-corrected chi connectivity index (χ0v) is 10.3. The Labute approximate surface area is 106 Å². The van der Waals surface area contributed by atoms with E-state index in [0.717, 1.165) is 0 Å². The minimum atomic E-state index is -0.803. The van der Waals surface area contributed by atoms with Crippen molar-refractivity contribution in [3.05, 3.63) is 36.3 Å². The third-order valence-electron chi connectivity index (χ3n) is 1.20. The molecule has 18 heavy (non-hydrogen) atoms. The molecule has 0 fully saturated rings. The summed E-state index contributed by atoms with van der Waals surface area (Å²) in [6, 6.07) is 1.72. The molecule has 6 nitrogen and oxygen atoms in total. The lowest BCUT2D eigenvalue weighted by molar-refractivity contribution is -0.142. The summed E-state index contributed by atoms with van der Waals surface area (Å²) in [5.74, 6) is -0.800. The Balaban J connectivity index is 0. The molecule has 0 aromatic heterocycles. The predicted octanol–water partition coefficient (Wildman–Crippen LogP) is 1.61. The number of nitrogens with zero attached hydrogens (tertiary/aromatic N) is 2. The van der Waals surface area contributed by atoms with Crippen molar-refractivity contribution >= 4 is 11.9 Å². The van der Waals surface area contributed by atoms with Gasteiger partial charge >= 0.3 is 11.9 Å². The minimum Gasteiger partial charge on any atom is -0.463 e. The predicted molar refractivity (Wildman–Crippen MR) is 63.7 cm³/mol. The van der Waals surface area contributed by atoms with Crippen molar-refractivity contribution in [3.8, 4) is 6.07 Å². The van der Waals surface area contributed by atoms with Crippen LogP contribution in [0.15, 0.2) is 24.9 Å². The molecule has 0 aliphatic heterocycles. The van der Waals surface area contributed by atoms with Gasteiger partial charge in [0.2, 0.25) is 6.10 Å². The summed E-state index contributed by atoms with van der Waals surface area (Å²) in [5, 5.41) is 8.18. The van der Waals surface area contributed by atoms with E-state index in [1.807, 2.05) is 0 Å². The highest BCUT2D eigenvalue weighted by Gasteiger charge is 2.02. The SMILES string of the molecule is C=CC(C#N)OC(C)=O.[C-]#[N+]/C=C\COC(C)=O. The topological polar surface area (TPSA) is 80.8 Å². The first-order valence-electron chi connectivity index (χ1n) is 4.82. The van der Waals surface area contributed by atoms with E-state index in [4.69, 9.17) is 11.8 Å². The van der Waals surface area contributed by atoms with Crippen LogP contribution in [0.3, 0.4) is 0 Å². The number of hydrogen-bond donors (Lipinski definition) is 0. The summed E-state index contributed by atoms with van der Waals surface area (Å²) in [6.07, 6.45) is 3.20. The summed E-state index contributed by atoms with van der Waals surface area (Å²) in [4.78, 5) is 23.1. The van der Waals surface area contributed by atoms with Crippen LogP contribution in [0, 0.1) is 17.9 Å². The van der Waals surface area contributed by atoms with E-state index in [2.05, 4.69) is 20.9 Å². The molecule has 0 saturated carbocycles. The van der Waals surface area contributed by atoms with Gasteiger partial charge in [0.1, 0.15) is 12.7 Å². The summed E-state index contributed by atoms with van der Waals surface area (Å²) in [6.45, 7) is 12.3. The maximum atomic E-state index is 10.2. The molecule has 0 bridgehead atoms. The lowest BCUT2D eigenvalue weighted by Gasteiger charge is -2.00. The zero-order chi connectivity index (χ0) is 14.4. The van der Waals surface area contributed by atoms with Crippen LogP contribution in [0.5, 0.6) is 0 Å². The van der Waals surface area contributed by atoms with Crippen LogP contribution in [-0.2, 0) is 19.1 Å². The fraction of sp³-hybridized carbons (Fsp3) is 0.333. The van der Waals surface area contributed by atoms with Crippen molar-refractivity contribution < 1.29 is 19.1 Å². The molecule has 0 N–H and O–H groups in total. The fourth-order valence-electron chi connectivity index (χ4n) is 0.567. The standard InChI is InChI=1S/2C6H7NO2/c1-6(8)9-5-3-4-7-2;1-3-6(4-7)9-5(2)8/h3-4H,5H2,1H3;3,6H,1H2,2H3/b4-3-;. The molecule has 0 amide bonds. The first kappa shape index (κ1) is 17.8. The monoisotopic (exact) mass is 250 g/mol. The normalized spacial score (nSPS) is 10.0. The van der Waals surface area contributed by atoms with Gasteiger partial charge < -0.3 is 9.47 Å². The number of ether oxygens (including phenoxy) is 2. The first-order chi connectivity index (χ1) is 8.47. The van der Waals surface area contributed by atoms with Crippen LogP contribution in [-0.4, -0.2) is 24.6 Å². The second-order valence-electron chi connectivity index (χ2n) is 2.71. The maximum Gasteiger partial charge on any atom is 0.304 e. The highest BCUT2D eigenvalue weighted by molar-refractivity contribution is 5.66. The number of nitriles is 1. The van der Waals surface area contributed by atoms with Crippen molar-refractivity contribution in [1.29, 1.82) is 5.26 Å². The Bertz CT molecular complexity index is 388. The summed E-state index contributed by atoms with van der Waals surface area (Å²) >= 11 is 0.